The van der Waals surface area contributed by atoms with Gasteiger partial charge in [0.2, 0.25) is 5.95 Å². The Morgan fingerprint density at radius 1 is 1.50 bits per heavy atom. The van der Waals surface area contributed by atoms with Gasteiger partial charge >= 0.3 is 0 Å². The zero-order valence-electron chi connectivity index (χ0n) is 8.65. The number of aromatic nitrogens is 4. The summed E-state index contributed by atoms with van der Waals surface area (Å²) in [7, 11) is 0. The number of aromatic amines is 2. The largest absolute Gasteiger partial charge is 0.348 e. The molecule has 0 bridgehead atoms. The molecule has 0 aliphatic heterocycles. The van der Waals surface area contributed by atoms with Crippen molar-refractivity contribution in [2.45, 2.75) is 12.7 Å². The Hall–Kier alpha value is -1.76. The van der Waals surface area contributed by atoms with Gasteiger partial charge in [-0.15, -0.1) is 0 Å². The van der Waals surface area contributed by atoms with Gasteiger partial charge < -0.3 is 4.98 Å². The minimum atomic E-state index is -0.172. The van der Waals surface area contributed by atoms with Gasteiger partial charge in [-0.2, -0.15) is 0 Å². The number of hydrogen-bond donors (Lipinski definition) is 3. The molecule has 2 aromatic rings. The van der Waals surface area contributed by atoms with Crippen molar-refractivity contribution in [1.82, 2.24) is 19.9 Å². The lowest BCUT2D eigenvalue weighted by atomic mass is 10.4. The van der Waals surface area contributed by atoms with Gasteiger partial charge in [-0.1, -0.05) is 0 Å². The number of hydrogen-bond acceptors (Lipinski definition) is 5. The Morgan fingerprint density at radius 2 is 2.38 bits per heavy atom. The second-order valence-corrected chi connectivity index (χ2v) is 3.93. The monoisotopic (exact) mass is 237 g/mol. The molecule has 0 atom stereocenters. The van der Waals surface area contributed by atoms with Gasteiger partial charge in [-0.3, -0.25) is 14.5 Å². The van der Waals surface area contributed by atoms with Gasteiger partial charge in [0.15, 0.2) is 0 Å². The van der Waals surface area contributed by atoms with Gasteiger partial charge in [0.05, 0.1) is 17.8 Å². The predicted molar refractivity (Wildman–Crippen MR) is 63.1 cm³/mol. The molecule has 0 fully saturated rings. The minimum Gasteiger partial charge on any atom is -0.348 e. The van der Waals surface area contributed by atoms with E-state index in [2.05, 4.69) is 24.7 Å². The molecule has 0 spiro atoms. The molecule has 0 saturated carbocycles. The van der Waals surface area contributed by atoms with Crippen LogP contribution < -0.4 is 10.3 Å². The molecule has 0 aliphatic rings. The third kappa shape index (κ3) is 2.63. The molecule has 0 amide bonds. The van der Waals surface area contributed by atoms with Crippen LogP contribution in [0.2, 0.25) is 0 Å². The lowest BCUT2D eigenvalue weighted by Gasteiger charge is -2.02. The van der Waals surface area contributed by atoms with Crippen molar-refractivity contribution in [2.75, 3.05) is 4.72 Å². The summed E-state index contributed by atoms with van der Waals surface area (Å²) in [5.74, 6) is 1.15. The van der Waals surface area contributed by atoms with E-state index < -0.39 is 0 Å². The molecule has 0 unspecified atom stereocenters. The Balaban J connectivity index is 1.89. The Bertz CT molecular complexity index is 520. The molecular formula is C9H11N5OS. The van der Waals surface area contributed by atoms with Crippen LogP contribution in [0.4, 0.5) is 5.95 Å². The number of imidazole rings is 1. The van der Waals surface area contributed by atoms with Crippen molar-refractivity contribution in [1.29, 1.82) is 0 Å². The third-order valence-electron chi connectivity index (χ3n) is 1.98. The fourth-order valence-electron chi connectivity index (χ4n) is 1.13. The molecule has 0 saturated heterocycles. The normalized spacial score (nSPS) is 10.3. The van der Waals surface area contributed by atoms with E-state index in [1.807, 2.05) is 6.92 Å². The Morgan fingerprint density at radius 3 is 3.06 bits per heavy atom. The molecule has 2 aromatic heterocycles. The molecule has 6 nitrogen and oxygen atoms in total. The maximum atomic E-state index is 11.0. The van der Waals surface area contributed by atoms with E-state index >= 15 is 0 Å². The SMILES string of the molecule is Cc1[nH]cnc1CSNc1nccc(=O)[nH]1. The van der Waals surface area contributed by atoms with Crippen LogP contribution in [0.5, 0.6) is 0 Å². The summed E-state index contributed by atoms with van der Waals surface area (Å²) in [6.07, 6.45) is 3.12. The van der Waals surface area contributed by atoms with Crippen LogP contribution in [0.1, 0.15) is 11.4 Å². The van der Waals surface area contributed by atoms with E-state index in [0.717, 1.165) is 11.4 Å². The molecule has 3 N–H and O–H groups in total. The molecule has 2 heterocycles. The molecule has 16 heavy (non-hydrogen) atoms. The number of H-pyrrole nitrogens is 2. The van der Waals surface area contributed by atoms with Crippen LogP contribution in [-0.2, 0) is 5.75 Å². The molecular weight excluding hydrogens is 226 g/mol. The fourth-order valence-corrected chi connectivity index (χ4v) is 1.87. The zero-order chi connectivity index (χ0) is 11.4. The van der Waals surface area contributed by atoms with Crippen molar-refractivity contribution < 1.29 is 0 Å². The maximum absolute atomic E-state index is 11.0. The summed E-state index contributed by atoms with van der Waals surface area (Å²) in [6, 6.07) is 1.37. The number of rotatable bonds is 4. The van der Waals surface area contributed by atoms with Gasteiger partial charge in [0.25, 0.3) is 5.56 Å². The van der Waals surface area contributed by atoms with Crippen LogP contribution in [0.15, 0.2) is 23.4 Å². The summed E-state index contributed by atoms with van der Waals surface area (Å²) in [6.45, 7) is 1.96. The predicted octanol–water partition coefficient (Wildman–Crippen LogP) is 1.06. The van der Waals surface area contributed by atoms with Crippen LogP contribution >= 0.6 is 11.9 Å². The van der Waals surface area contributed by atoms with Gasteiger partial charge in [-0.05, 0) is 18.9 Å². The quantitative estimate of drug-likeness (QED) is 0.692. The van der Waals surface area contributed by atoms with E-state index in [9.17, 15) is 4.79 Å². The summed E-state index contributed by atoms with van der Waals surface area (Å²) in [5, 5.41) is 0. The van der Waals surface area contributed by atoms with Crippen molar-refractivity contribution in [3.8, 4) is 0 Å². The highest BCUT2D eigenvalue weighted by Crippen LogP contribution is 2.12. The second kappa shape index (κ2) is 4.84. The first-order chi connectivity index (χ1) is 7.75. The van der Waals surface area contributed by atoms with Crippen LogP contribution in [0, 0.1) is 6.92 Å². The van der Waals surface area contributed by atoms with E-state index in [-0.39, 0.29) is 5.56 Å². The molecule has 0 radical (unpaired) electrons. The van der Waals surface area contributed by atoms with Crippen molar-refractivity contribution in [2.24, 2.45) is 0 Å². The summed E-state index contributed by atoms with van der Waals surface area (Å²) in [5.41, 5.74) is 1.86. The molecule has 7 heteroatoms. The summed E-state index contributed by atoms with van der Waals surface area (Å²) < 4.78 is 2.95. The first-order valence-corrected chi connectivity index (χ1v) is 5.66. The van der Waals surface area contributed by atoms with Crippen molar-refractivity contribution >= 4 is 17.9 Å². The highest BCUT2D eigenvalue weighted by atomic mass is 32.2. The van der Waals surface area contributed by atoms with Gasteiger partial charge in [-0.25, -0.2) is 9.97 Å². The van der Waals surface area contributed by atoms with Crippen molar-refractivity contribution in [3.63, 3.8) is 0 Å². The fraction of sp³-hybridized carbons (Fsp3) is 0.222. The number of anilines is 1. The first-order valence-electron chi connectivity index (χ1n) is 4.67. The highest BCUT2D eigenvalue weighted by molar-refractivity contribution is 7.99. The standard InChI is InChI=1S/C9H11N5OS/c1-6-7(12-5-11-6)4-16-14-9-10-3-2-8(15)13-9/h2-3,5H,4H2,1H3,(H,11,12)(H2,10,13,14,15). The summed E-state index contributed by atoms with van der Waals surface area (Å²) >= 11 is 1.42. The van der Waals surface area contributed by atoms with E-state index in [0.29, 0.717) is 11.7 Å². The number of nitrogens with zero attached hydrogens (tertiary/aromatic N) is 2. The number of aryl methyl sites for hydroxylation is 1. The minimum absolute atomic E-state index is 0.172. The van der Waals surface area contributed by atoms with Gasteiger partial charge in [0.1, 0.15) is 0 Å². The highest BCUT2D eigenvalue weighted by Gasteiger charge is 2.01. The Kier molecular flexibility index (Phi) is 3.25. The molecule has 0 aromatic carbocycles. The lowest BCUT2D eigenvalue weighted by Crippen LogP contribution is -2.07. The van der Waals surface area contributed by atoms with Crippen LogP contribution in [0.3, 0.4) is 0 Å². The average Bonchev–Trinajstić information content (AvgIpc) is 2.65. The van der Waals surface area contributed by atoms with Crippen molar-refractivity contribution in [3.05, 3.63) is 40.3 Å². The third-order valence-corrected chi connectivity index (χ3v) is 2.74. The maximum Gasteiger partial charge on any atom is 0.252 e. The van der Waals surface area contributed by atoms with Gasteiger partial charge in [0, 0.05) is 18.0 Å². The average molecular weight is 237 g/mol. The first kappa shape index (κ1) is 10.7. The zero-order valence-corrected chi connectivity index (χ0v) is 9.47. The van der Waals surface area contributed by atoms with E-state index in [1.54, 1.807) is 6.33 Å². The Labute approximate surface area is 96.1 Å². The second-order valence-electron chi connectivity index (χ2n) is 3.15. The van der Waals surface area contributed by atoms with Crippen LogP contribution in [0.25, 0.3) is 0 Å². The van der Waals surface area contributed by atoms with Crippen LogP contribution in [-0.4, -0.2) is 19.9 Å². The molecule has 0 aliphatic carbocycles. The lowest BCUT2D eigenvalue weighted by molar-refractivity contribution is 1.13. The molecule has 2 rings (SSSR count). The van der Waals surface area contributed by atoms with E-state index in [1.165, 1.54) is 24.2 Å². The topological polar surface area (TPSA) is 86.5 Å². The smallest absolute Gasteiger partial charge is 0.252 e. The summed E-state index contributed by atoms with van der Waals surface area (Å²) in [4.78, 5) is 24.7. The number of nitrogens with one attached hydrogen (secondary N) is 3. The molecule has 84 valence electrons. The van der Waals surface area contributed by atoms with E-state index in [4.69, 9.17) is 0 Å².